The molecule has 2 aliphatic heterocycles. The molecule has 1 fully saturated rings. The summed E-state index contributed by atoms with van der Waals surface area (Å²) >= 11 is 0. The highest BCUT2D eigenvalue weighted by Gasteiger charge is 2.38. The van der Waals surface area contributed by atoms with Crippen molar-refractivity contribution in [3.8, 4) is 24.2 Å². The first-order valence-electron chi connectivity index (χ1n) is 4.53. The average molecular weight is 186 g/mol. The van der Waals surface area contributed by atoms with Gasteiger partial charge in [0.25, 0.3) is 0 Å². The van der Waals surface area contributed by atoms with Crippen molar-refractivity contribution in [2.24, 2.45) is 0 Å². The van der Waals surface area contributed by atoms with Crippen LogP contribution in [0.3, 0.4) is 0 Å². The minimum absolute atomic E-state index is 0.510. The number of ether oxygens (including phenoxy) is 2. The molecule has 2 aliphatic rings. The van der Waals surface area contributed by atoms with Gasteiger partial charge in [-0.05, 0) is 30.4 Å². The fourth-order valence-electron chi connectivity index (χ4n) is 1.55. The number of terminal acetylenes is 1. The van der Waals surface area contributed by atoms with Crippen LogP contribution in [0.4, 0.5) is 0 Å². The van der Waals surface area contributed by atoms with Crippen LogP contribution in [0.1, 0.15) is 12.8 Å². The van der Waals surface area contributed by atoms with E-state index in [2.05, 4.69) is 17.8 Å². The van der Waals surface area contributed by atoms with Crippen LogP contribution in [0, 0.1) is 24.2 Å². The molecule has 1 atom stereocenters. The maximum Gasteiger partial charge on any atom is 0.230 e. The van der Waals surface area contributed by atoms with E-state index in [4.69, 9.17) is 15.9 Å². The minimum atomic E-state index is -0.510. The number of hydrogen-bond donors (Lipinski definition) is 0. The molecule has 0 aromatic rings. The maximum absolute atomic E-state index is 5.61. The molecule has 0 aromatic heterocycles. The van der Waals surface area contributed by atoms with E-state index >= 15 is 0 Å². The van der Waals surface area contributed by atoms with Gasteiger partial charge in [-0.1, -0.05) is 5.92 Å². The second-order valence-electron chi connectivity index (χ2n) is 3.16. The summed E-state index contributed by atoms with van der Waals surface area (Å²) in [5.41, 5.74) is 0. The molecule has 0 saturated carbocycles. The number of rotatable bonds is 0. The van der Waals surface area contributed by atoms with Gasteiger partial charge in [-0.3, -0.25) is 0 Å². The van der Waals surface area contributed by atoms with Gasteiger partial charge in [0.15, 0.2) is 0 Å². The van der Waals surface area contributed by atoms with Crippen LogP contribution in [0.2, 0.25) is 0 Å². The molecule has 0 bridgehead atoms. The average Bonchev–Trinajstić information content (AvgIpc) is 2.79. The van der Waals surface area contributed by atoms with Gasteiger partial charge in [-0.2, -0.15) is 0 Å². The summed E-state index contributed by atoms with van der Waals surface area (Å²) < 4.78 is 11.1. The van der Waals surface area contributed by atoms with Crippen molar-refractivity contribution in [3.63, 3.8) is 0 Å². The Balaban J connectivity index is 2.06. The predicted octanol–water partition coefficient (Wildman–Crippen LogP) is 1.60. The molecule has 1 saturated heterocycles. The second kappa shape index (κ2) is 3.62. The molecule has 1 spiro atoms. The van der Waals surface area contributed by atoms with Crippen molar-refractivity contribution in [1.29, 1.82) is 0 Å². The zero-order chi connectivity index (χ0) is 9.86. The lowest BCUT2D eigenvalue weighted by Gasteiger charge is -2.20. The Bertz CT molecular complexity index is 379. The molecule has 70 valence electrons. The van der Waals surface area contributed by atoms with Crippen LogP contribution in [0.15, 0.2) is 24.0 Å². The molecule has 2 heteroatoms. The molecule has 2 rings (SSSR count). The summed E-state index contributed by atoms with van der Waals surface area (Å²) in [4.78, 5) is 0. The summed E-state index contributed by atoms with van der Waals surface area (Å²) in [6.07, 6.45) is 12.4. The van der Waals surface area contributed by atoms with E-state index in [-0.39, 0.29) is 0 Å². The summed E-state index contributed by atoms with van der Waals surface area (Å²) in [5.74, 6) is 7.65. The van der Waals surface area contributed by atoms with E-state index in [0.717, 1.165) is 25.2 Å². The van der Waals surface area contributed by atoms with Crippen molar-refractivity contribution in [1.82, 2.24) is 0 Å². The van der Waals surface area contributed by atoms with Gasteiger partial charge >= 0.3 is 0 Å². The largest absolute Gasteiger partial charge is 0.458 e. The first-order chi connectivity index (χ1) is 6.85. The monoisotopic (exact) mass is 186 g/mol. The first kappa shape index (κ1) is 8.94. The lowest BCUT2D eigenvalue weighted by atomic mass is 10.2. The standard InChI is InChI=1S/C12H10O2/c1-2-3-4-6-11-7-9-12(14-11)8-5-10-13-12/h1,6-7,9H,5,8,10H2/b11-6-/t12-/m1/s1. The lowest BCUT2D eigenvalue weighted by Crippen LogP contribution is -2.24. The maximum atomic E-state index is 5.61. The Hall–Kier alpha value is -1.64. The number of allylic oxidation sites excluding steroid dienone is 2. The van der Waals surface area contributed by atoms with Crippen LogP contribution in [0.5, 0.6) is 0 Å². The van der Waals surface area contributed by atoms with Gasteiger partial charge in [0.05, 0.1) is 6.61 Å². The Morgan fingerprint density at radius 2 is 2.50 bits per heavy atom. The van der Waals surface area contributed by atoms with Crippen LogP contribution in [-0.2, 0) is 9.47 Å². The van der Waals surface area contributed by atoms with Gasteiger partial charge in [0.2, 0.25) is 5.79 Å². The molecule has 0 aromatic carbocycles. The third kappa shape index (κ3) is 1.66. The fraction of sp³-hybridized carbons (Fsp3) is 0.333. The second-order valence-corrected chi connectivity index (χ2v) is 3.16. The molecular formula is C12H10O2. The summed E-state index contributed by atoms with van der Waals surface area (Å²) in [6.45, 7) is 0.758. The van der Waals surface area contributed by atoms with E-state index in [9.17, 15) is 0 Å². The molecule has 14 heavy (non-hydrogen) atoms. The van der Waals surface area contributed by atoms with Crippen LogP contribution in [-0.4, -0.2) is 12.4 Å². The Morgan fingerprint density at radius 1 is 1.57 bits per heavy atom. The molecular weight excluding hydrogens is 176 g/mol. The first-order valence-corrected chi connectivity index (χ1v) is 4.53. The zero-order valence-electron chi connectivity index (χ0n) is 7.75. The van der Waals surface area contributed by atoms with Crippen molar-refractivity contribution in [2.45, 2.75) is 18.6 Å². The van der Waals surface area contributed by atoms with Crippen molar-refractivity contribution in [3.05, 3.63) is 24.0 Å². The molecule has 2 nitrogen and oxygen atoms in total. The van der Waals surface area contributed by atoms with Gasteiger partial charge in [-0.25, -0.2) is 0 Å². The van der Waals surface area contributed by atoms with Crippen molar-refractivity contribution >= 4 is 0 Å². The summed E-state index contributed by atoms with van der Waals surface area (Å²) in [6, 6.07) is 0. The highest BCUT2D eigenvalue weighted by molar-refractivity contribution is 5.34. The van der Waals surface area contributed by atoms with Gasteiger partial charge in [0, 0.05) is 12.5 Å². The van der Waals surface area contributed by atoms with Crippen molar-refractivity contribution in [2.75, 3.05) is 6.61 Å². The Morgan fingerprint density at radius 3 is 3.21 bits per heavy atom. The van der Waals surface area contributed by atoms with Crippen LogP contribution < -0.4 is 0 Å². The van der Waals surface area contributed by atoms with E-state index in [1.165, 1.54) is 0 Å². The smallest absolute Gasteiger partial charge is 0.230 e. The summed E-state index contributed by atoms with van der Waals surface area (Å²) in [5, 5.41) is 0. The van der Waals surface area contributed by atoms with Crippen LogP contribution >= 0.6 is 0 Å². The topological polar surface area (TPSA) is 18.5 Å². The van der Waals surface area contributed by atoms with E-state index in [1.54, 1.807) is 6.08 Å². The normalized spacial score (nSPS) is 31.2. The number of hydrogen-bond acceptors (Lipinski definition) is 2. The fourth-order valence-corrected chi connectivity index (χ4v) is 1.55. The molecule has 2 heterocycles. The summed E-state index contributed by atoms with van der Waals surface area (Å²) in [7, 11) is 0. The predicted molar refractivity (Wildman–Crippen MR) is 52.8 cm³/mol. The van der Waals surface area contributed by atoms with Crippen molar-refractivity contribution < 1.29 is 9.47 Å². The minimum Gasteiger partial charge on any atom is -0.458 e. The third-order valence-corrected chi connectivity index (χ3v) is 2.17. The Labute approximate surface area is 83.6 Å². The van der Waals surface area contributed by atoms with E-state index in [0.29, 0.717) is 0 Å². The van der Waals surface area contributed by atoms with E-state index < -0.39 is 5.79 Å². The third-order valence-electron chi connectivity index (χ3n) is 2.17. The molecule has 0 aliphatic carbocycles. The van der Waals surface area contributed by atoms with Gasteiger partial charge in [-0.15, -0.1) is 6.42 Å². The molecule has 0 amide bonds. The highest BCUT2D eigenvalue weighted by atomic mass is 16.7. The Kier molecular flexibility index (Phi) is 2.31. The van der Waals surface area contributed by atoms with Gasteiger partial charge in [0.1, 0.15) is 5.76 Å². The molecule has 0 unspecified atom stereocenters. The van der Waals surface area contributed by atoms with Gasteiger partial charge < -0.3 is 9.47 Å². The van der Waals surface area contributed by atoms with Crippen LogP contribution in [0.25, 0.3) is 0 Å². The van der Waals surface area contributed by atoms with E-state index in [1.807, 2.05) is 12.2 Å². The molecule has 0 radical (unpaired) electrons. The SMILES string of the molecule is C#CC#C/C=C1/C=C[C@@]2(CCCO2)O1. The molecule has 0 N–H and O–H groups in total. The zero-order valence-corrected chi connectivity index (χ0v) is 7.75. The quantitative estimate of drug-likeness (QED) is 0.535. The highest BCUT2D eigenvalue weighted by Crippen LogP contribution is 2.35. The lowest BCUT2D eigenvalue weighted by molar-refractivity contribution is -0.135.